The van der Waals surface area contributed by atoms with Crippen molar-refractivity contribution >= 4 is 11.7 Å². The van der Waals surface area contributed by atoms with Crippen molar-refractivity contribution in [2.75, 3.05) is 45.2 Å². The quantitative estimate of drug-likeness (QED) is 0.881. The number of carbonyl (C=O) groups excluding carboxylic acids is 1. The van der Waals surface area contributed by atoms with Crippen molar-refractivity contribution in [2.45, 2.75) is 26.0 Å². The minimum absolute atomic E-state index is 0.207. The summed E-state index contributed by atoms with van der Waals surface area (Å²) in [5.74, 6) is 0.735. The second-order valence-corrected chi connectivity index (χ2v) is 6.60. The van der Waals surface area contributed by atoms with Crippen LogP contribution in [0.3, 0.4) is 0 Å². The van der Waals surface area contributed by atoms with E-state index in [0.717, 1.165) is 25.5 Å². The summed E-state index contributed by atoms with van der Waals surface area (Å²) in [6.07, 6.45) is 1.91. The average Bonchev–Trinajstić information content (AvgIpc) is 2.46. The molecular formula is C16H26N4O2. The zero-order chi connectivity index (χ0) is 16.3. The molecule has 0 unspecified atom stereocenters. The standard InChI is InChI=1S/C16H26N4O2/c1-16(2,22)15(21)20-9-7-19(8-10-20)14-6-5-13(11-17-14)12-18(3)4/h5-6,11,22H,7-10,12H2,1-4H3. The monoisotopic (exact) mass is 306 g/mol. The Balaban J connectivity index is 1.93. The van der Waals surface area contributed by atoms with E-state index in [0.29, 0.717) is 13.1 Å². The molecule has 6 nitrogen and oxygen atoms in total. The fourth-order valence-corrected chi connectivity index (χ4v) is 2.59. The molecule has 0 aromatic carbocycles. The molecule has 0 atom stereocenters. The number of carbonyl (C=O) groups is 1. The van der Waals surface area contributed by atoms with Crippen molar-refractivity contribution in [3.05, 3.63) is 23.9 Å². The van der Waals surface area contributed by atoms with Gasteiger partial charge < -0.3 is 19.8 Å². The van der Waals surface area contributed by atoms with Gasteiger partial charge in [-0.25, -0.2) is 4.98 Å². The summed E-state index contributed by atoms with van der Waals surface area (Å²) in [5.41, 5.74) is -0.113. The molecule has 1 fully saturated rings. The summed E-state index contributed by atoms with van der Waals surface area (Å²) in [6.45, 7) is 6.65. The molecule has 1 aliphatic heterocycles. The van der Waals surface area contributed by atoms with Crippen LogP contribution in [-0.4, -0.2) is 71.7 Å². The summed E-state index contributed by atoms with van der Waals surface area (Å²) in [4.78, 5) is 22.6. The number of aliphatic hydroxyl groups is 1. The van der Waals surface area contributed by atoms with Gasteiger partial charge in [-0.2, -0.15) is 0 Å². The van der Waals surface area contributed by atoms with Gasteiger partial charge in [-0.15, -0.1) is 0 Å². The van der Waals surface area contributed by atoms with Crippen LogP contribution in [0.25, 0.3) is 0 Å². The predicted molar refractivity (Wildman–Crippen MR) is 86.7 cm³/mol. The Hall–Kier alpha value is -1.66. The molecular weight excluding hydrogens is 280 g/mol. The highest BCUT2D eigenvalue weighted by Crippen LogP contribution is 2.16. The number of pyridine rings is 1. The molecule has 1 amide bonds. The molecule has 2 rings (SSSR count). The van der Waals surface area contributed by atoms with E-state index in [4.69, 9.17) is 0 Å². The van der Waals surface area contributed by atoms with Gasteiger partial charge in [-0.1, -0.05) is 6.07 Å². The molecule has 122 valence electrons. The summed E-state index contributed by atoms with van der Waals surface area (Å²) in [6, 6.07) is 4.13. The maximum absolute atomic E-state index is 12.0. The Morgan fingerprint density at radius 2 is 1.91 bits per heavy atom. The first-order chi connectivity index (χ1) is 10.3. The molecule has 0 aliphatic carbocycles. The molecule has 0 bridgehead atoms. The number of hydrogen-bond donors (Lipinski definition) is 1. The first kappa shape index (κ1) is 16.7. The van der Waals surface area contributed by atoms with Gasteiger partial charge >= 0.3 is 0 Å². The van der Waals surface area contributed by atoms with Crippen LogP contribution in [0.5, 0.6) is 0 Å². The largest absolute Gasteiger partial charge is 0.381 e. The number of aromatic nitrogens is 1. The van der Waals surface area contributed by atoms with Gasteiger partial charge in [0, 0.05) is 38.9 Å². The number of hydrogen-bond acceptors (Lipinski definition) is 5. The Kier molecular flexibility index (Phi) is 5.03. The molecule has 2 heterocycles. The molecule has 1 aliphatic rings. The van der Waals surface area contributed by atoms with Crippen LogP contribution in [0.2, 0.25) is 0 Å². The highest BCUT2D eigenvalue weighted by Gasteiger charge is 2.31. The van der Waals surface area contributed by atoms with Gasteiger partial charge in [-0.3, -0.25) is 4.79 Å². The lowest BCUT2D eigenvalue weighted by Gasteiger charge is -2.37. The van der Waals surface area contributed by atoms with Gasteiger partial charge in [0.1, 0.15) is 11.4 Å². The third-order valence-electron chi connectivity index (χ3n) is 3.72. The molecule has 0 saturated carbocycles. The van der Waals surface area contributed by atoms with E-state index in [2.05, 4.69) is 20.9 Å². The van der Waals surface area contributed by atoms with E-state index >= 15 is 0 Å². The number of rotatable bonds is 4. The molecule has 1 aromatic heterocycles. The highest BCUT2D eigenvalue weighted by molar-refractivity contribution is 5.84. The maximum atomic E-state index is 12.0. The van der Waals surface area contributed by atoms with Gasteiger partial charge in [0.15, 0.2) is 0 Å². The second-order valence-electron chi connectivity index (χ2n) is 6.60. The molecule has 0 spiro atoms. The Labute approximate surface area is 132 Å². The van der Waals surface area contributed by atoms with Gasteiger partial charge in [0.25, 0.3) is 5.91 Å². The zero-order valence-corrected chi connectivity index (χ0v) is 13.9. The second kappa shape index (κ2) is 6.62. The molecule has 1 N–H and O–H groups in total. The predicted octanol–water partition coefficient (Wildman–Crippen LogP) is 0.563. The fourth-order valence-electron chi connectivity index (χ4n) is 2.59. The van der Waals surface area contributed by atoms with E-state index in [9.17, 15) is 9.90 Å². The topological polar surface area (TPSA) is 59.9 Å². The minimum Gasteiger partial charge on any atom is -0.381 e. The molecule has 6 heteroatoms. The Morgan fingerprint density at radius 3 is 2.36 bits per heavy atom. The zero-order valence-electron chi connectivity index (χ0n) is 13.9. The minimum atomic E-state index is -1.30. The lowest BCUT2D eigenvalue weighted by molar-refractivity contribution is -0.148. The van der Waals surface area contributed by atoms with Gasteiger partial charge in [-0.05, 0) is 39.6 Å². The SMILES string of the molecule is CN(C)Cc1ccc(N2CCN(C(=O)C(C)(C)O)CC2)nc1. The van der Waals surface area contributed by atoms with Crippen molar-refractivity contribution in [1.29, 1.82) is 0 Å². The number of nitrogens with zero attached hydrogens (tertiary/aromatic N) is 4. The van der Waals surface area contributed by atoms with Crippen molar-refractivity contribution in [1.82, 2.24) is 14.8 Å². The fraction of sp³-hybridized carbons (Fsp3) is 0.625. The van der Waals surface area contributed by atoms with Crippen molar-refractivity contribution < 1.29 is 9.90 Å². The molecule has 22 heavy (non-hydrogen) atoms. The van der Waals surface area contributed by atoms with Crippen molar-refractivity contribution in [3.63, 3.8) is 0 Å². The number of piperazine rings is 1. The summed E-state index contributed by atoms with van der Waals surface area (Å²) in [5, 5.41) is 9.80. The Bertz CT molecular complexity index is 500. The van der Waals surface area contributed by atoms with Crippen LogP contribution in [-0.2, 0) is 11.3 Å². The lowest BCUT2D eigenvalue weighted by Crippen LogP contribution is -2.54. The summed E-state index contributed by atoms with van der Waals surface area (Å²) >= 11 is 0. The third-order valence-corrected chi connectivity index (χ3v) is 3.72. The smallest absolute Gasteiger partial charge is 0.254 e. The normalized spacial score (nSPS) is 16.3. The molecule has 0 radical (unpaired) electrons. The molecule has 1 saturated heterocycles. The van der Waals surface area contributed by atoms with E-state index in [1.165, 1.54) is 19.4 Å². The summed E-state index contributed by atoms with van der Waals surface area (Å²) in [7, 11) is 4.07. The van der Waals surface area contributed by atoms with E-state index in [1.54, 1.807) is 4.90 Å². The van der Waals surface area contributed by atoms with Crippen LogP contribution in [0.15, 0.2) is 18.3 Å². The first-order valence-corrected chi connectivity index (χ1v) is 7.64. The molecule has 1 aromatic rings. The summed E-state index contributed by atoms with van der Waals surface area (Å²) < 4.78 is 0. The van der Waals surface area contributed by atoms with E-state index < -0.39 is 5.60 Å². The van der Waals surface area contributed by atoms with Crippen LogP contribution in [0.1, 0.15) is 19.4 Å². The van der Waals surface area contributed by atoms with Gasteiger partial charge in [0.2, 0.25) is 0 Å². The van der Waals surface area contributed by atoms with E-state index in [1.807, 2.05) is 26.4 Å². The van der Waals surface area contributed by atoms with Gasteiger partial charge in [0.05, 0.1) is 0 Å². The first-order valence-electron chi connectivity index (χ1n) is 7.64. The lowest BCUT2D eigenvalue weighted by atomic mass is 10.1. The maximum Gasteiger partial charge on any atom is 0.254 e. The van der Waals surface area contributed by atoms with Crippen molar-refractivity contribution in [2.24, 2.45) is 0 Å². The van der Waals surface area contributed by atoms with Crippen molar-refractivity contribution in [3.8, 4) is 0 Å². The van der Waals surface area contributed by atoms with Crippen LogP contribution in [0, 0.1) is 0 Å². The highest BCUT2D eigenvalue weighted by atomic mass is 16.3. The number of anilines is 1. The Morgan fingerprint density at radius 1 is 1.27 bits per heavy atom. The third kappa shape index (κ3) is 4.18. The number of amides is 1. The average molecular weight is 306 g/mol. The van der Waals surface area contributed by atoms with Crippen LogP contribution >= 0.6 is 0 Å². The van der Waals surface area contributed by atoms with Crippen LogP contribution < -0.4 is 4.90 Å². The van der Waals surface area contributed by atoms with Crippen LogP contribution in [0.4, 0.5) is 5.82 Å². The van der Waals surface area contributed by atoms with E-state index in [-0.39, 0.29) is 5.91 Å².